The smallest absolute Gasteiger partial charge is 0.335 e. The lowest BCUT2D eigenvalue weighted by atomic mass is 9.96. The second kappa shape index (κ2) is 7.64. The Labute approximate surface area is 140 Å². The van der Waals surface area contributed by atoms with E-state index in [1.54, 1.807) is 6.07 Å². The van der Waals surface area contributed by atoms with Gasteiger partial charge < -0.3 is 15.3 Å². The van der Waals surface area contributed by atoms with E-state index in [1.165, 1.54) is 24.4 Å². The third-order valence-electron chi connectivity index (χ3n) is 3.91. The summed E-state index contributed by atoms with van der Waals surface area (Å²) in [5.41, 5.74) is 1.80. The molecule has 0 aliphatic rings. The van der Waals surface area contributed by atoms with E-state index in [-0.39, 0.29) is 22.6 Å². The van der Waals surface area contributed by atoms with Crippen molar-refractivity contribution in [2.45, 2.75) is 32.6 Å². The zero-order valence-corrected chi connectivity index (χ0v) is 13.7. The molecular weight excluding hydrogens is 306 g/mol. The fourth-order valence-corrected chi connectivity index (χ4v) is 2.48. The van der Waals surface area contributed by atoms with Crippen LogP contribution in [0.25, 0.3) is 0 Å². The maximum absolute atomic E-state index is 11.0. The summed E-state index contributed by atoms with van der Waals surface area (Å²) in [6.45, 7) is 4.24. The molecule has 0 aliphatic heterocycles. The fraction of sp³-hybridized carbons (Fsp3) is 0.263. The zero-order valence-electron chi connectivity index (χ0n) is 13.7. The van der Waals surface area contributed by atoms with Crippen molar-refractivity contribution < 1.29 is 20.1 Å². The number of nitrogens with zero attached hydrogens (tertiary/aromatic N) is 1. The number of hydrogen-bond donors (Lipinski definition) is 3. The molecule has 2 rings (SSSR count). The molecule has 0 amide bonds. The monoisotopic (exact) mass is 327 g/mol. The molecule has 0 bridgehead atoms. The molecule has 0 saturated carbocycles. The molecule has 2 aromatic carbocycles. The van der Waals surface area contributed by atoms with Crippen LogP contribution in [0.4, 0.5) is 5.69 Å². The normalized spacial score (nSPS) is 12.4. The first-order valence-electron chi connectivity index (χ1n) is 7.85. The number of phenolic OH excluding ortho intramolecular Hbond substituents is 2. The van der Waals surface area contributed by atoms with Gasteiger partial charge in [0.2, 0.25) is 0 Å². The molecule has 0 aromatic heterocycles. The molecule has 0 spiro atoms. The largest absolute Gasteiger partial charge is 0.507 e. The van der Waals surface area contributed by atoms with Gasteiger partial charge in [0.05, 0.1) is 5.56 Å². The van der Waals surface area contributed by atoms with Crippen molar-refractivity contribution in [3.63, 3.8) is 0 Å². The Hall–Kier alpha value is -2.82. The number of aromatic hydroxyl groups is 2. The molecule has 2 aromatic rings. The SMILES string of the molecule is CCCC(C)c1ccc(O)c(N=Cc2cc(C(=O)O)ccc2O)c1. The Morgan fingerprint density at radius 3 is 2.54 bits per heavy atom. The van der Waals surface area contributed by atoms with Crippen LogP contribution in [0.3, 0.4) is 0 Å². The zero-order chi connectivity index (χ0) is 17.7. The Morgan fingerprint density at radius 1 is 1.17 bits per heavy atom. The number of rotatable bonds is 6. The van der Waals surface area contributed by atoms with Gasteiger partial charge in [-0.3, -0.25) is 4.99 Å². The van der Waals surface area contributed by atoms with Crippen molar-refractivity contribution in [2.75, 3.05) is 0 Å². The van der Waals surface area contributed by atoms with Gasteiger partial charge in [0, 0.05) is 11.8 Å². The number of carboxylic acids is 1. The Bertz CT molecular complexity index is 768. The molecule has 0 radical (unpaired) electrons. The molecule has 0 heterocycles. The van der Waals surface area contributed by atoms with E-state index in [4.69, 9.17) is 5.11 Å². The number of phenols is 2. The van der Waals surface area contributed by atoms with Crippen LogP contribution >= 0.6 is 0 Å². The van der Waals surface area contributed by atoms with Gasteiger partial charge in [-0.05, 0) is 48.2 Å². The molecule has 126 valence electrons. The fourth-order valence-electron chi connectivity index (χ4n) is 2.48. The van der Waals surface area contributed by atoms with E-state index in [0.29, 0.717) is 11.6 Å². The highest BCUT2D eigenvalue weighted by molar-refractivity contribution is 5.93. The minimum absolute atomic E-state index is 0.0348. The molecule has 5 heteroatoms. The highest BCUT2D eigenvalue weighted by Crippen LogP contribution is 2.32. The van der Waals surface area contributed by atoms with E-state index < -0.39 is 5.97 Å². The number of benzene rings is 2. The van der Waals surface area contributed by atoms with Crippen molar-refractivity contribution in [1.29, 1.82) is 0 Å². The molecule has 1 unspecified atom stereocenters. The maximum atomic E-state index is 11.0. The van der Waals surface area contributed by atoms with Crippen molar-refractivity contribution >= 4 is 17.9 Å². The summed E-state index contributed by atoms with van der Waals surface area (Å²) in [6.07, 6.45) is 3.46. The van der Waals surface area contributed by atoms with Gasteiger partial charge in [0.15, 0.2) is 0 Å². The number of aromatic carboxylic acids is 1. The van der Waals surface area contributed by atoms with Gasteiger partial charge in [-0.2, -0.15) is 0 Å². The van der Waals surface area contributed by atoms with E-state index in [1.807, 2.05) is 12.1 Å². The predicted octanol–water partition coefficient (Wildman–Crippen LogP) is 4.45. The minimum atomic E-state index is -1.08. The van der Waals surface area contributed by atoms with Gasteiger partial charge in [0.25, 0.3) is 0 Å². The average molecular weight is 327 g/mol. The van der Waals surface area contributed by atoms with Crippen molar-refractivity contribution in [3.05, 3.63) is 53.1 Å². The van der Waals surface area contributed by atoms with E-state index in [0.717, 1.165) is 18.4 Å². The van der Waals surface area contributed by atoms with Crippen LogP contribution in [0.15, 0.2) is 41.4 Å². The lowest BCUT2D eigenvalue weighted by Gasteiger charge is -2.11. The van der Waals surface area contributed by atoms with Crippen LogP contribution in [-0.2, 0) is 0 Å². The summed E-state index contributed by atoms with van der Waals surface area (Å²) in [5, 5.41) is 28.8. The number of carbonyl (C=O) groups is 1. The average Bonchev–Trinajstić information content (AvgIpc) is 2.55. The molecule has 1 atom stereocenters. The second-order valence-corrected chi connectivity index (χ2v) is 5.77. The predicted molar refractivity (Wildman–Crippen MR) is 93.7 cm³/mol. The van der Waals surface area contributed by atoms with Crippen LogP contribution in [0.2, 0.25) is 0 Å². The molecular formula is C19H21NO4. The van der Waals surface area contributed by atoms with Crippen LogP contribution in [-0.4, -0.2) is 27.5 Å². The summed E-state index contributed by atoms with van der Waals surface area (Å²) in [4.78, 5) is 15.2. The minimum Gasteiger partial charge on any atom is -0.507 e. The van der Waals surface area contributed by atoms with E-state index in [2.05, 4.69) is 18.8 Å². The summed E-state index contributed by atoms with van der Waals surface area (Å²) >= 11 is 0. The van der Waals surface area contributed by atoms with Gasteiger partial charge in [-0.1, -0.05) is 26.3 Å². The Morgan fingerprint density at radius 2 is 1.88 bits per heavy atom. The van der Waals surface area contributed by atoms with Crippen molar-refractivity contribution in [3.8, 4) is 11.5 Å². The molecule has 0 fully saturated rings. The van der Waals surface area contributed by atoms with E-state index >= 15 is 0 Å². The van der Waals surface area contributed by atoms with Crippen molar-refractivity contribution in [2.24, 2.45) is 4.99 Å². The number of carboxylic acid groups (broad SMARTS) is 1. The Balaban J connectivity index is 2.33. The van der Waals surface area contributed by atoms with Gasteiger partial charge >= 0.3 is 5.97 Å². The summed E-state index contributed by atoms with van der Waals surface area (Å²) in [7, 11) is 0. The molecule has 3 N–H and O–H groups in total. The first-order chi connectivity index (χ1) is 11.4. The summed E-state index contributed by atoms with van der Waals surface area (Å²) in [6, 6.07) is 9.24. The molecule has 0 saturated heterocycles. The van der Waals surface area contributed by atoms with Crippen LogP contribution in [0.5, 0.6) is 11.5 Å². The van der Waals surface area contributed by atoms with Crippen LogP contribution in [0, 0.1) is 0 Å². The summed E-state index contributed by atoms with van der Waals surface area (Å²) < 4.78 is 0. The van der Waals surface area contributed by atoms with Crippen LogP contribution < -0.4 is 0 Å². The lowest BCUT2D eigenvalue weighted by Crippen LogP contribution is -1.97. The van der Waals surface area contributed by atoms with Gasteiger partial charge in [0.1, 0.15) is 17.2 Å². The standard InChI is InChI=1S/C19H21NO4/c1-3-4-12(2)13-5-8-18(22)16(10-13)20-11-15-9-14(19(23)24)6-7-17(15)21/h5-12,21-22H,3-4H2,1-2H3,(H,23,24). The quantitative estimate of drug-likeness (QED) is 0.684. The molecule has 0 aliphatic carbocycles. The molecule has 24 heavy (non-hydrogen) atoms. The third kappa shape index (κ3) is 4.13. The first kappa shape index (κ1) is 17.5. The Kier molecular flexibility index (Phi) is 5.58. The van der Waals surface area contributed by atoms with Gasteiger partial charge in [-0.25, -0.2) is 4.79 Å². The van der Waals surface area contributed by atoms with Crippen LogP contribution in [0.1, 0.15) is 54.1 Å². The van der Waals surface area contributed by atoms with E-state index in [9.17, 15) is 15.0 Å². The lowest BCUT2D eigenvalue weighted by molar-refractivity contribution is 0.0697. The topological polar surface area (TPSA) is 90.1 Å². The number of hydrogen-bond acceptors (Lipinski definition) is 4. The molecule has 5 nitrogen and oxygen atoms in total. The van der Waals surface area contributed by atoms with Crippen molar-refractivity contribution in [1.82, 2.24) is 0 Å². The second-order valence-electron chi connectivity index (χ2n) is 5.77. The summed E-state index contributed by atoms with van der Waals surface area (Å²) in [5.74, 6) is -0.762. The third-order valence-corrected chi connectivity index (χ3v) is 3.91. The highest BCUT2D eigenvalue weighted by Gasteiger charge is 2.09. The van der Waals surface area contributed by atoms with Gasteiger partial charge in [-0.15, -0.1) is 0 Å². The maximum Gasteiger partial charge on any atom is 0.335 e. The highest BCUT2D eigenvalue weighted by atomic mass is 16.4. The number of aliphatic imine (C=N–C) groups is 1. The first-order valence-corrected chi connectivity index (χ1v) is 7.85.